The van der Waals surface area contributed by atoms with Gasteiger partial charge < -0.3 is 4.74 Å². The molecule has 0 unspecified atom stereocenters. The third-order valence-corrected chi connectivity index (χ3v) is 5.88. The number of carbonyl (C=O) groups is 1. The summed E-state index contributed by atoms with van der Waals surface area (Å²) in [6.07, 6.45) is 3.61. The number of benzene rings is 3. The van der Waals surface area contributed by atoms with Crippen LogP contribution in [-0.4, -0.2) is 22.6 Å². The van der Waals surface area contributed by atoms with Gasteiger partial charge >= 0.3 is 0 Å². The molecule has 0 atom stereocenters. The van der Waals surface area contributed by atoms with E-state index in [1.165, 1.54) is 11.8 Å². The van der Waals surface area contributed by atoms with Gasteiger partial charge in [0.15, 0.2) is 5.17 Å². The van der Waals surface area contributed by atoms with Crippen LogP contribution in [0, 0.1) is 0 Å². The Morgan fingerprint density at radius 1 is 0.938 bits per heavy atom. The summed E-state index contributed by atoms with van der Waals surface area (Å²) in [5.41, 5.74) is 3.08. The zero-order valence-electron chi connectivity index (χ0n) is 17.7. The molecule has 4 nitrogen and oxygen atoms in total. The zero-order chi connectivity index (χ0) is 22.2. The standard InChI is InChI=1S/C27H24N2O2S/c1-2-16-31-24-15-9-14-23(17-24)18-25-26(30)29(20-22-12-7-4-8-13-22)27(32-25)28-19-21-10-5-3-6-11-21/h2-15,17-18H,1,16,19-20H2/b25-18-,28-27?. The lowest BCUT2D eigenvalue weighted by atomic mass is 10.2. The molecule has 0 saturated carbocycles. The fourth-order valence-electron chi connectivity index (χ4n) is 3.27. The smallest absolute Gasteiger partial charge is 0.267 e. The largest absolute Gasteiger partial charge is 0.490 e. The van der Waals surface area contributed by atoms with Gasteiger partial charge in [0.05, 0.1) is 18.0 Å². The van der Waals surface area contributed by atoms with Gasteiger partial charge in [0.25, 0.3) is 5.91 Å². The number of carbonyl (C=O) groups excluding carboxylic acids is 1. The Labute approximate surface area is 192 Å². The van der Waals surface area contributed by atoms with Gasteiger partial charge in [-0.05, 0) is 46.7 Å². The second kappa shape index (κ2) is 10.6. The highest BCUT2D eigenvalue weighted by atomic mass is 32.2. The highest BCUT2D eigenvalue weighted by molar-refractivity contribution is 8.18. The molecule has 0 aliphatic carbocycles. The maximum absolute atomic E-state index is 13.3. The summed E-state index contributed by atoms with van der Waals surface area (Å²) < 4.78 is 5.62. The van der Waals surface area contributed by atoms with Crippen molar-refractivity contribution in [1.82, 2.24) is 4.90 Å². The van der Waals surface area contributed by atoms with E-state index < -0.39 is 0 Å². The SMILES string of the molecule is C=CCOc1cccc(/C=C2\SC(=NCc3ccccc3)N(Cc3ccccc3)C2=O)c1. The number of rotatable bonds is 8. The molecule has 1 saturated heterocycles. The second-order valence-corrected chi connectivity index (χ2v) is 8.25. The Hall–Kier alpha value is -3.57. The number of nitrogens with zero attached hydrogens (tertiary/aromatic N) is 2. The monoisotopic (exact) mass is 440 g/mol. The van der Waals surface area contributed by atoms with Gasteiger partial charge in [0, 0.05) is 0 Å². The first-order valence-electron chi connectivity index (χ1n) is 10.4. The number of ether oxygens (including phenoxy) is 1. The first kappa shape index (κ1) is 21.7. The van der Waals surface area contributed by atoms with Crippen LogP contribution >= 0.6 is 11.8 Å². The molecule has 4 rings (SSSR count). The first-order valence-corrected chi connectivity index (χ1v) is 11.2. The third-order valence-electron chi connectivity index (χ3n) is 4.84. The van der Waals surface area contributed by atoms with E-state index in [0.717, 1.165) is 22.4 Å². The Kier molecular flexibility index (Phi) is 7.20. The van der Waals surface area contributed by atoms with Crippen molar-refractivity contribution in [2.45, 2.75) is 13.1 Å². The minimum atomic E-state index is -0.0388. The van der Waals surface area contributed by atoms with E-state index in [1.807, 2.05) is 91.0 Å². The van der Waals surface area contributed by atoms with Gasteiger partial charge in [-0.25, -0.2) is 0 Å². The van der Waals surface area contributed by atoms with Crippen molar-refractivity contribution in [1.29, 1.82) is 0 Å². The molecular weight excluding hydrogens is 416 g/mol. The molecule has 32 heavy (non-hydrogen) atoms. The molecule has 3 aromatic carbocycles. The van der Waals surface area contributed by atoms with Gasteiger partial charge in [-0.15, -0.1) is 0 Å². The first-order chi connectivity index (χ1) is 15.7. The van der Waals surface area contributed by atoms with Crippen molar-refractivity contribution in [2.24, 2.45) is 4.99 Å². The number of thioether (sulfide) groups is 1. The average Bonchev–Trinajstić information content (AvgIpc) is 3.12. The molecule has 1 amide bonds. The lowest BCUT2D eigenvalue weighted by Crippen LogP contribution is -2.28. The number of hydrogen-bond donors (Lipinski definition) is 0. The van der Waals surface area contributed by atoms with Crippen LogP contribution in [0.15, 0.2) is 107 Å². The fourth-order valence-corrected chi connectivity index (χ4v) is 4.25. The maximum Gasteiger partial charge on any atom is 0.267 e. The highest BCUT2D eigenvalue weighted by Crippen LogP contribution is 2.34. The summed E-state index contributed by atoms with van der Waals surface area (Å²) in [5, 5.41) is 0.716. The van der Waals surface area contributed by atoms with Crippen LogP contribution in [0.5, 0.6) is 5.75 Å². The van der Waals surface area contributed by atoms with Gasteiger partial charge in [0.2, 0.25) is 0 Å². The van der Waals surface area contributed by atoms with E-state index in [-0.39, 0.29) is 5.91 Å². The summed E-state index contributed by atoms with van der Waals surface area (Å²) in [4.78, 5) is 20.5. The lowest BCUT2D eigenvalue weighted by Gasteiger charge is -2.15. The molecule has 3 aromatic rings. The number of amides is 1. The number of aliphatic imine (C=N–C) groups is 1. The zero-order valence-corrected chi connectivity index (χ0v) is 18.5. The second-order valence-electron chi connectivity index (χ2n) is 7.24. The molecule has 0 spiro atoms. The van der Waals surface area contributed by atoms with E-state index in [0.29, 0.717) is 29.8 Å². The van der Waals surface area contributed by atoms with Crippen molar-refractivity contribution >= 4 is 28.9 Å². The molecule has 0 radical (unpaired) electrons. The van der Waals surface area contributed by atoms with Crippen molar-refractivity contribution in [2.75, 3.05) is 6.61 Å². The minimum Gasteiger partial charge on any atom is -0.490 e. The minimum absolute atomic E-state index is 0.0388. The van der Waals surface area contributed by atoms with Crippen LogP contribution in [0.25, 0.3) is 6.08 Å². The quantitative estimate of drug-likeness (QED) is 0.322. The van der Waals surface area contributed by atoms with E-state index in [2.05, 4.69) is 6.58 Å². The molecule has 0 bridgehead atoms. The molecule has 5 heteroatoms. The third kappa shape index (κ3) is 5.56. The van der Waals surface area contributed by atoms with Crippen molar-refractivity contribution in [3.05, 3.63) is 119 Å². The molecule has 1 heterocycles. The van der Waals surface area contributed by atoms with Crippen LogP contribution in [0.1, 0.15) is 16.7 Å². The Morgan fingerprint density at radius 3 is 2.38 bits per heavy atom. The number of amidine groups is 1. The summed E-state index contributed by atoms with van der Waals surface area (Å²) in [7, 11) is 0. The van der Waals surface area contributed by atoms with Crippen LogP contribution in [0.3, 0.4) is 0 Å². The average molecular weight is 441 g/mol. The summed E-state index contributed by atoms with van der Waals surface area (Å²) >= 11 is 1.41. The molecular formula is C27H24N2O2S. The molecule has 1 fully saturated rings. The predicted molar refractivity (Wildman–Crippen MR) is 132 cm³/mol. The summed E-state index contributed by atoms with van der Waals surface area (Å²) in [5.74, 6) is 0.705. The highest BCUT2D eigenvalue weighted by Gasteiger charge is 2.33. The van der Waals surface area contributed by atoms with Gasteiger partial charge in [-0.2, -0.15) is 0 Å². The van der Waals surface area contributed by atoms with Crippen LogP contribution in [0.2, 0.25) is 0 Å². The van der Waals surface area contributed by atoms with E-state index in [1.54, 1.807) is 11.0 Å². The normalized spacial score (nSPS) is 16.0. The molecule has 0 N–H and O–H groups in total. The van der Waals surface area contributed by atoms with Crippen LogP contribution < -0.4 is 4.74 Å². The molecule has 1 aliphatic heterocycles. The lowest BCUT2D eigenvalue weighted by molar-refractivity contribution is -0.122. The fraction of sp³-hybridized carbons (Fsp3) is 0.111. The molecule has 1 aliphatic rings. The molecule has 0 aromatic heterocycles. The van der Waals surface area contributed by atoms with Gasteiger partial charge in [0.1, 0.15) is 12.4 Å². The molecule has 160 valence electrons. The van der Waals surface area contributed by atoms with E-state index in [4.69, 9.17) is 9.73 Å². The van der Waals surface area contributed by atoms with Crippen LogP contribution in [0.4, 0.5) is 0 Å². The topological polar surface area (TPSA) is 41.9 Å². The van der Waals surface area contributed by atoms with Crippen molar-refractivity contribution in [3.63, 3.8) is 0 Å². The predicted octanol–water partition coefficient (Wildman–Crippen LogP) is 5.92. The summed E-state index contributed by atoms with van der Waals surface area (Å²) in [6.45, 7) is 5.13. The van der Waals surface area contributed by atoms with E-state index in [9.17, 15) is 4.79 Å². The van der Waals surface area contributed by atoms with E-state index >= 15 is 0 Å². The number of hydrogen-bond acceptors (Lipinski definition) is 4. The Balaban J connectivity index is 1.61. The van der Waals surface area contributed by atoms with Crippen molar-refractivity contribution in [3.8, 4) is 5.75 Å². The Morgan fingerprint density at radius 2 is 1.66 bits per heavy atom. The van der Waals surface area contributed by atoms with Gasteiger partial charge in [-0.3, -0.25) is 14.7 Å². The van der Waals surface area contributed by atoms with Crippen LogP contribution in [-0.2, 0) is 17.9 Å². The van der Waals surface area contributed by atoms with Gasteiger partial charge in [-0.1, -0.05) is 85.5 Å². The Bertz CT molecular complexity index is 1140. The maximum atomic E-state index is 13.3. The summed E-state index contributed by atoms with van der Waals surface area (Å²) in [6, 6.07) is 27.7. The van der Waals surface area contributed by atoms with Crippen molar-refractivity contribution < 1.29 is 9.53 Å².